The Kier molecular flexibility index (Phi) is 4.54. The molecule has 0 fully saturated rings. The lowest BCUT2D eigenvalue weighted by atomic mass is 10.1. The Hall–Kier alpha value is -2.84. The molecule has 0 aliphatic heterocycles. The maximum atomic E-state index is 12.0. The molecule has 0 saturated carbocycles. The van der Waals surface area contributed by atoms with E-state index in [4.69, 9.17) is 5.73 Å². The highest BCUT2D eigenvalue weighted by molar-refractivity contribution is 6.02. The Labute approximate surface area is 122 Å². The summed E-state index contributed by atoms with van der Waals surface area (Å²) in [5, 5.41) is 2.72. The lowest BCUT2D eigenvalue weighted by Gasteiger charge is -2.07. The molecule has 5 heteroatoms. The van der Waals surface area contributed by atoms with Crippen molar-refractivity contribution in [2.24, 2.45) is 5.73 Å². The summed E-state index contributed by atoms with van der Waals surface area (Å²) >= 11 is 0. The smallest absolute Gasteiger partial charge is 0.272 e. The van der Waals surface area contributed by atoms with Gasteiger partial charge in [-0.2, -0.15) is 0 Å². The number of anilines is 1. The Bertz CT molecular complexity index is 782. The number of carbonyl (C=O) groups is 1. The van der Waals surface area contributed by atoms with E-state index in [-0.39, 0.29) is 23.7 Å². The van der Waals surface area contributed by atoms with Crippen molar-refractivity contribution in [1.82, 2.24) is 4.98 Å². The zero-order chi connectivity index (χ0) is 15.2. The molecule has 1 aromatic heterocycles. The molecule has 106 valence electrons. The van der Waals surface area contributed by atoms with Crippen LogP contribution in [-0.4, -0.2) is 17.4 Å². The topological polar surface area (TPSA) is 88.0 Å². The average molecular weight is 281 g/mol. The second kappa shape index (κ2) is 6.55. The number of hydrogen-bond acceptors (Lipinski definition) is 3. The van der Waals surface area contributed by atoms with Crippen molar-refractivity contribution in [1.29, 1.82) is 0 Å². The third-order valence-corrected chi connectivity index (χ3v) is 2.83. The fourth-order valence-electron chi connectivity index (χ4n) is 1.76. The van der Waals surface area contributed by atoms with E-state index in [1.807, 2.05) is 13.0 Å². The predicted molar refractivity (Wildman–Crippen MR) is 82.1 cm³/mol. The standard InChI is InChI=1S/C16H15N3O2/c1-11-7-8-13(10-12(11)4-3-9-17)18-16(21)14-5-2-6-15(20)19-14/h2,5-8,10H,9,17H2,1H3,(H,18,21)(H,19,20). The molecule has 2 aromatic rings. The van der Waals surface area contributed by atoms with Gasteiger partial charge in [-0.05, 0) is 30.7 Å². The van der Waals surface area contributed by atoms with Crippen molar-refractivity contribution in [3.05, 3.63) is 63.6 Å². The largest absolute Gasteiger partial charge is 0.321 e. The third kappa shape index (κ3) is 3.81. The van der Waals surface area contributed by atoms with Crippen LogP contribution in [0.15, 0.2) is 41.2 Å². The molecule has 0 aliphatic carbocycles. The van der Waals surface area contributed by atoms with Crippen molar-refractivity contribution < 1.29 is 4.79 Å². The van der Waals surface area contributed by atoms with Crippen molar-refractivity contribution in [2.45, 2.75) is 6.92 Å². The molecular formula is C16H15N3O2. The molecule has 2 rings (SSSR count). The molecule has 5 nitrogen and oxygen atoms in total. The number of benzene rings is 1. The number of carbonyl (C=O) groups excluding carboxylic acids is 1. The lowest BCUT2D eigenvalue weighted by Crippen LogP contribution is -2.17. The van der Waals surface area contributed by atoms with Gasteiger partial charge < -0.3 is 16.0 Å². The fourth-order valence-corrected chi connectivity index (χ4v) is 1.76. The van der Waals surface area contributed by atoms with Gasteiger partial charge in [-0.15, -0.1) is 0 Å². The van der Waals surface area contributed by atoms with Gasteiger partial charge in [-0.3, -0.25) is 9.59 Å². The lowest BCUT2D eigenvalue weighted by molar-refractivity contribution is 0.102. The van der Waals surface area contributed by atoms with Crippen LogP contribution in [0.25, 0.3) is 0 Å². The molecule has 1 amide bonds. The van der Waals surface area contributed by atoms with Crippen LogP contribution in [0.3, 0.4) is 0 Å². The molecule has 0 radical (unpaired) electrons. The Morgan fingerprint density at radius 2 is 2.14 bits per heavy atom. The minimum Gasteiger partial charge on any atom is -0.321 e. The number of pyridine rings is 1. The summed E-state index contributed by atoms with van der Waals surface area (Å²) in [5.74, 6) is 5.35. The number of H-pyrrole nitrogens is 1. The van der Waals surface area contributed by atoms with Gasteiger partial charge in [0.05, 0.1) is 6.54 Å². The quantitative estimate of drug-likeness (QED) is 0.724. The number of amides is 1. The van der Waals surface area contributed by atoms with Crippen molar-refractivity contribution in [2.75, 3.05) is 11.9 Å². The molecule has 21 heavy (non-hydrogen) atoms. The van der Waals surface area contributed by atoms with E-state index in [1.165, 1.54) is 12.1 Å². The molecule has 0 atom stereocenters. The number of aryl methyl sites for hydroxylation is 1. The van der Waals surface area contributed by atoms with Gasteiger partial charge in [0.15, 0.2) is 0 Å². The van der Waals surface area contributed by atoms with E-state index >= 15 is 0 Å². The van der Waals surface area contributed by atoms with Crippen LogP contribution in [0, 0.1) is 18.8 Å². The molecular weight excluding hydrogens is 266 g/mol. The summed E-state index contributed by atoms with van der Waals surface area (Å²) < 4.78 is 0. The van der Waals surface area contributed by atoms with Crippen LogP contribution in [0.2, 0.25) is 0 Å². The predicted octanol–water partition coefficient (Wildman–Crippen LogP) is 1.25. The maximum Gasteiger partial charge on any atom is 0.272 e. The first kappa shape index (κ1) is 14.6. The Morgan fingerprint density at radius 1 is 1.33 bits per heavy atom. The molecule has 0 unspecified atom stereocenters. The summed E-state index contributed by atoms with van der Waals surface area (Å²) in [4.78, 5) is 25.7. The van der Waals surface area contributed by atoms with Crippen LogP contribution in [-0.2, 0) is 0 Å². The molecule has 0 bridgehead atoms. The summed E-state index contributed by atoms with van der Waals surface area (Å²) in [6.45, 7) is 2.21. The van der Waals surface area contributed by atoms with Gasteiger partial charge in [-0.25, -0.2) is 0 Å². The molecule has 1 heterocycles. The van der Waals surface area contributed by atoms with Crippen molar-refractivity contribution in [3.8, 4) is 11.8 Å². The van der Waals surface area contributed by atoms with Gasteiger partial charge in [0.25, 0.3) is 5.91 Å². The van der Waals surface area contributed by atoms with E-state index in [0.29, 0.717) is 5.69 Å². The molecule has 0 spiro atoms. The number of rotatable bonds is 2. The minimum absolute atomic E-state index is 0.206. The monoisotopic (exact) mass is 281 g/mol. The van der Waals surface area contributed by atoms with E-state index in [2.05, 4.69) is 22.1 Å². The zero-order valence-corrected chi connectivity index (χ0v) is 11.6. The van der Waals surface area contributed by atoms with Crippen molar-refractivity contribution in [3.63, 3.8) is 0 Å². The van der Waals surface area contributed by atoms with Crippen LogP contribution >= 0.6 is 0 Å². The fraction of sp³-hybridized carbons (Fsp3) is 0.125. The molecule has 0 aliphatic rings. The first-order valence-electron chi connectivity index (χ1n) is 6.40. The van der Waals surface area contributed by atoms with Crippen LogP contribution in [0.1, 0.15) is 21.6 Å². The van der Waals surface area contributed by atoms with Gasteiger partial charge in [-0.1, -0.05) is 24.0 Å². The van der Waals surface area contributed by atoms with E-state index in [1.54, 1.807) is 18.2 Å². The van der Waals surface area contributed by atoms with Crippen LogP contribution < -0.4 is 16.6 Å². The molecule has 1 aromatic carbocycles. The highest BCUT2D eigenvalue weighted by atomic mass is 16.2. The number of aromatic amines is 1. The van der Waals surface area contributed by atoms with Crippen LogP contribution in [0.4, 0.5) is 5.69 Å². The highest BCUT2D eigenvalue weighted by Gasteiger charge is 2.07. The van der Waals surface area contributed by atoms with Gasteiger partial charge in [0.1, 0.15) is 5.69 Å². The summed E-state index contributed by atoms with van der Waals surface area (Å²) in [7, 11) is 0. The Balaban J connectivity index is 2.23. The second-order valence-corrected chi connectivity index (χ2v) is 4.42. The van der Waals surface area contributed by atoms with E-state index in [9.17, 15) is 9.59 Å². The van der Waals surface area contributed by atoms with E-state index in [0.717, 1.165) is 11.1 Å². The summed E-state index contributed by atoms with van der Waals surface area (Å²) in [6.07, 6.45) is 0. The number of nitrogens with two attached hydrogens (primary N) is 1. The highest BCUT2D eigenvalue weighted by Crippen LogP contribution is 2.15. The number of nitrogens with one attached hydrogen (secondary N) is 2. The first-order chi connectivity index (χ1) is 10.1. The first-order valence-corrected chi connectivity index (χ1v) is 6.40. The zero-order valence-electron chi connectivity index (χ0n) is 11.6. The SMILES string of the molecule is Cc1ccc(NC(=O)c2cccc(=O)[nH]2)cc1C#CCN. The number of aromatic nitrogens is 1. The normalized spacial score (nSPS) is 9.62. The van der Waals surface area contributed by atoms with Crippen LogP contribution in [0.5, 0.6) is 0 Å². The summed E-state index contributed by atoms with van der Waals surface area (Å²) in [6, 6.07) is 9.84. The maximum absolute atomic E-state index is 12.0. The van der Waals surface area contributed by atoms with Gasteiger partial charge in [0, 0.05) is 17.3 Å². The Morgan fingerprint density at radius 3 is 2.86 bits per heavy atom. The third-order valence-electron chi connectivity index (χ3n) is 2.83. The van der Waals surface area contributed by atoms with Gasteiger partial charge in [0.2, 0.25) is 5.56 Å². The average Bonchev–Trinajstić information content (AvgIpc) is 2.47. The molecule has 0 saturated heterocycles. The number of hydrogen-bond donors (Lipinski definition) is 3. The second-order valence-electron chi connectivity index (χ2n) is 4.42. The molecule has 4 N–H and O–H groups in total. The van der Waals surface area contributed by atoms with Gasteiger partial charge >= 0.3 is 0 Å². The van der Waals surface area contributed by atoms with E-state index < -0.39 is 0 Å². The van der Waals surface area contributed by atoms with Crippen molar-refractivity contribution >= 4 is 11.6 Å². The summed E-state index contributed by atoms with van der Waals surface area (Å²) in [5.41, 5.74) is 7.66. The minimum atomic E-state index is -0.380.